The minimum absolute atomic E-state index is 0.287. The summed E-state index contributed by atoms with van der Waals surface area (Å²) < 4.78 is 37.0. The number of hydrogen-bond acceptors (Lipinski definition) is 1. The van der Waals surface area contributed by atoms with Crippen molar-refractivity contribution >= 4 is 0 Å². The summed E-state index contributed by atoms with van der Waals surface area (Å²) in [5.41, 5.74) is 0. The zero-order chi connectivity index (χ0) is 9.19. The lowest BCUT2D eigenvalue weighted by Gasteiger charge is -2.33. The van der Waals surface area contributed by atoms with E-state index < -0.39 is 12.1 Å². The zero-order valence-corrected chi connectivity index (χ0v) is 7.12. The Labute approximate surface area is 70.3 Å². The van der Waals surface area contributed by atoms with Crippen LogP contribution in [0.1, 0.15) is 26.2 Å². The highest BCUT2D eigenvalue weighted by Gasteiger charge is 2.44. The number of alkyl halides is 3. The third kappa shape index (κ3) is 2.12. The lowest BCUT2D eigenvalue weighted by molar-refractivity contribution is -0.188. The van der Waals surface area contributed by atoms with Crippen LogP contribution < -0.4 is 5.32 Å². The van der Waals surface area contributed by atoms with Crippen molar-refractivity contribution in [2.75, 3.05) is 6.54 Å². The lowest BCUT2D eigenvalue weighted by Crippen LogP contribution is -2.47. The Morgan fingerprint density at radius 2 is 2.08 bits per heavy atom. The van der Waals surface area contributed by atoms with Gasteiger partial charge in [0.2, 0.25) is 0 Å². The minimum atomic E-state index is -4.02. The molecule has 4 heteroatoms. The summed E-state index contributed by atoms with van der Waals surface area (Å²) in [6.45, 7) is 2.52. The van der Waals surface area contributed by atoms with Gasteiger partial charge in [-0.2, -0.15) is 13.2 Å². The van der Waals surface area contributed by atoms with E-state index in [0.717, 1.165) is 6.54 Å². The van der Waals surface area contributed by atoms with Crippen LogP contribution in [0.25, 0.3) is 0 Å². The van der Waals surface area contributed by atoms with Crippen LogP contribution in [-0.4, -0.2) is 18.8 Å². The molecular weight excluding hydrogens is 167 g/mol. The SMILES string of the molecule is CCC1NCCCC1C(F)(F)F. The van der Waals surface area contributed by atoms with E-state index in [-0.39, 0.29) is 12.5 Å². The predicted octanol–water partition coefficient (Wildman–Crippen LogP) is 2.33. The largest absolute Gasteiger partial charge is 0.393 e. The molecule has 1 saturated heterocycles. The summed E-state index contributed by atoms with van der Waals surface area (Å²) in [7, 11) is 0. The van der Waals surface area contributed by atoms with Crippen molar-refractivity contribution in [3.63, 3.8) is 0 Å². The molecule has 2 unspecified atom stereocenters. The van der Waals surface area contributed by atoms with Gasteiger partial charge in [-0.25, -0.2) is 0 Å². The van der Waals surface area contributed by atoms with Crippen LogP contribution in [0.2, 0.25) is 0 Å². The molecule has 0 radical (unpaired) electrons. The number of hydrogen-bond donors (Lipinski definition) is 1. The van der Waals surface area contributed by atoms with Gasteiger partial charge < -0.3 is 5.32 Å². The van der Waals surface area contributed by atoms with Gasteiger partial charge in [0.05, 0.1) is 5.92 Å². The Morgan fingerprint density at radius 1 is 1.42 bits per heavy atom. The van der Waals surface area contributed by atoms with Crippen molar-refractivity contribution in [2.45, 2.75) is 38.4 Å². The maximum absolute atomic E-state index is 12.3. The summed E-state index contributed by atoms with van der Waals surface area (Å²) in [5.74, 6) is -1.13. The smallest absolute Gasteiger partial charge is 0.313 e. The Hall–Kier alpha value is -0.250. The third-order valence-electron chi connectivity index (χ3n) is 2.44. The highest BCUT2D eigenvalue weighted by Crippen LogP contribution is 2.35. The van der Waals surface area contributed by atoms with E-state index in [9.17, 15) is 13.2 Å². The van der Waals surface area contributed by atoms with Gasteiger partial charge in [0, 0.05) is 6.04 Å². The van der Waals surface area contributed by atoms with Gasteiger partial charge in [-0.05, 0) is 25.8 Å². The first-order valence-electron chi connectivity index (χ1n) is 4.35. The molecule has 0 amide bonds. The molecule has 72 valence electrons. The van der Waals surface area contributed by atoms with Gasteiger partial charge in [0.1, 0.15) is 0 Å². The molecule has 1 rings (SSSR count). The van der Waals surface area contributed by atoms with Crippen LogP contribution in [-0.2, 0) is 0 Å². The highest BCUT2D eigenvalue weighted by molar-refractivity contribution is 4.84. The third-order valence-corrected chi connectivity index (χ3v) is 2.44. The van der Waals surface area contributed by atoms with Crippen molar-refractivity contribution in [3.05, 3.63) is 0 Å². The number of halogens is 3. The molecule has 0 aromatic heterocycles. The van der Waals surface area contributed by atoms with Gasteiger partial charge in [0.25, 0.3) is 0 Å². The summed E-state index contributed by atoms with van der Waals surface area (Å²) in [5, 5.41) is 2.91. The quantitative estimate of drug-likeness (QED) is 0.654. The second-order valence-electron chi connectivity index (χ2n) is 3.26. The van der Waals surface area contributed by atoms with Crippen molar-refractivity contribution < 1.29 is 13.2 Å². The van der Waals surface area contributed by atoms with Crippen LogP contribution in [0.15, 0.2) is 0 Å². The van der Waals surface area contributed by atoms with Crippen LogP contribution in [0, 0.1) is 5.92 Å². The molecule has 0 spiro atoms. The molecule has 0 aromatic rings. The van der Waals surface area contributed by atoms with Crippen molar-refractivity contribution in [1.82, 2.24) is 5.32 Å². The number of nitrogens with one attached hydrogen (secondary N) is 1. The van der Waals surface area contributed by atoms with Crippen molar-refractivity contribution in [1.29, 1.82) is 0 Å². The van der Waals surface area contributed by atoms with Crippen LogP contribution in [0.3, 0.4) is 0 Å². The summed E-state index contributed by atoms with van der Waals surface area (Å²) in [6, 6.07) is -0.362. The van der Waals surface area contributed by atoms with E-state index in [4.69, 9.17) is 0 Å². The molecule has 0 bridgehead atoms. The summed E-state index contributed by atoms with van der Waals surface area (Å²) in [6.07, 6.45) is -2.53. The van der Waals surface area contributed by atoms with Gasteiger partial charge in [-0.3, -0.25) is 0 Å². The molecule has 12 heavy (non-hydrogen) atoms. The molecule has 1 nitrogen and oxygen atoms in total. The fourth-order valence-corrected chi connectivity index (χ4v) is 1.77. The zero-order valence-electron chi connectivity index (χ0n) is 7.12. The Morgan fingerprint density at radius 3 is 2.50 bits per heavy atom. The molecule has 0 aliphatic carbocycles. The first-order chi connectivity index (χ1) is 5.55. The Kier molecular flexibility index (Phi) is 2.99. The first-order valence-corrected chi connectivity index (χ1v) is 4.35. The maximum Gasteiger partial charge on any atom is 0.393 e. The van der Waals surface area contributed by atoms with Crippen LogP contribution >= 0.6 is 0 Å². The average molecular weight is 181 g/mol. The molecule has 1 aliphatic rings. The fraction of sp³-hybridized carbons (Fsp3) is 1.00. The topological polar surface area (TPSA) is 12.0 Å². The average Bonchev–Trinajstić information content (AvgIpc) is 2.03. The van der Waals surface area contributed by atoms with E-state index >= 15 is 0 Å². The fourth-order valence-electron chi connectivity index (χ4n) is 1.77. The van der Waals surface area contributed by atoms with Crippen LogP contribution in [0.5, 0.6) is 0 Å². The molecule has 1 N–H and O–H groups in total. The Balaban J connectivity index is 2.59. The minimum Gasteiger partial charge on any atom is -0.313 e. The predicted molar refractivity (Wildman–Crippen MR) is 40.9 cm³/mol. The lowest BCUT2D eigenvalue weighted by atomic mass is 9.89. The van der Waals surface area contributed by atoms with Crippen molar-refractivity contribution in [2.24, 2.45) is 5.92 Å². The second kappa shape index (κ2) is 3.64. The van der Waals surface area contributed by atoms with E-state index in [2.05, 4.69) is 5.32 Å². The maximum atomic E-state index is 12.3. The molecular formula is C8H14F3N. The monoisotopic (exact) mass is 181 g/mol. The Bertz CT molecular complexity index is 144. The van der Waals surface area contributed by atoms with E-state index in [1.54, 1.807) is 6.92 Å². The molecule has 2 atom stereocenters. The van der Waals surface area contributed by atoms with Gasteiger partial charge >= 0.3 is 6.18 Å². The highest BCUT2D eigenvalue weighted by atomic mass is 19.4. The molecule has 0 saturated carbocycles. The number of piperidine rings is 1. The number of rotatable bonds is 1. The van der Waals surface area contributed by atoms with Crippen LogP contribution in [0.4, 0.5) is 13.2 Å². The first kappa shape index (κ1) is 9.84. The second-order valence-corrected chi connectivity index (χ2v) is 3.26. The summed E-state index contributed by atoms with van der Waals surface area (Å²) >= 11 is 0. The molecule has 0 aromatic carbocycles. The van der Waals surface area contributed by atoms with Crippen molar-refractivity contribution in [3.8, 4) is 0 Å². The van der Waals surface area contributed by atoms with E-state index in [1.165, 1.54) is 0 Å². The van der Waals surface area contributed by atoms with Gasteiger partial charge in [0.15, 0.2) is 0 Å². The van der Waals surface area contributed by atoms with Gasteiger partial charge in [-0.15, -0.1) is 0 Å². The van der Waals surface area contributed by atoms with E-state index in [0.29, 0.717) is 12.8 Å². The van der Waals surface area contributed by atoms with E-state index in [1.807, 2.05) is 0 Å². The molecule has 1 heterocycles. The normalized spacial score (nSPS) is 32.0. The standard InChI is InChI=1S/C8H14F3N/c1-2-7-6(8(9,10)11)4-3-5-12-7/h6-7,12H,2-5H2,1H3. The van der Waals surface area contributed by atoms with Gasteiger partial charge in [-0.1, -0.05) is 6.92 Å². The molecule has 1 fully saturated rings. The molecule has 1 aliphatic heterocycles. The summed E-state index contributed by atoms with van der Waals surface area (Å²) in [4.78, 5) is 0.